The Balaban J connectivity index is 2.28. The molecule has 1 aromatic carbocycles. The zero-order valence-corrected chi connectivity index (χ0v) is 11.2. The zero-order chi connectivity index (χ0) is 14.1. The predicted octanol–water partition coefficient (Wildman–Crippen LogP) is 1.19. The van der Waals surface area contributed by atoms with Gasteiger partial charge >= 0.3 is 0 Å². The van der Waals surface area contributed by atoms with Crippen LogP contribution in [0.1, 0.15) is 12.5 Å². The molecule has 3 aromatic rings. The average molecular weight is 272 g/mol. The van der Waals surface area contributed by atoms with E-state index in [2.05, 4.69) is 19.9 Å². The molecule has 20 heavy (non-hydrogen) atoms. The number of aromatic nitrogens is 4. The van der Waals surface area contributed by atoms with Crippen molar-refractivity contribution in [3.05, 3.63) is 23.8 Å². The molecular weight excluding hydrogens is 256 g/mol. The normalized spacial score (nSPS) is 11.3. The Morgan fingerprint density at radius 1 is 1.30 bits per heavy atom. The molecule has 7 heteroatoms. The lowest BCUT2D eigenvalue weighted by Gasteiger charge is -2.04. The molecule has 0 saturated heterocycles. The fraction of sp³-hybridized carbons (Fsp3) is 0.308. The Bertz CT molecular complexity index is 744. The number of fused-ring (bicyclic) bond motifs is 1. The van der Waals surface area contributed by atoms with Crippen LogP contribution < -0.4 is 11.5 Å². The quantitative estimate of drug-likeness (QED) is 0.738. The van der Waals surface area contributed by atoms with E-state index in [1.165, 1.54) is 0 Å². The molecule has 0 radical (unpaired) electrons. The lowest BCUT2D eigenvalue weighted by atomic mass is 10.1. The van der Waals surface area contributed by atoms with Crippen LogP contribution in [-0.2, 0) is 13.0 Å². The maximum Gasteiger partial charge on any atom is 0.199 e. The second-order valence-electron chi connectivity index (χ2n) is 4.50. The number of benzene rings is 1. The standard InChI is InChI=1S/C13H16N6O/c1-2-19-9-5-3-4-8(6-7-14)10(9)16-13(19)11-12(15)18-20-17-11/h3-5H,2,6-7,14H2,1H3,(H2,15,18). The monoisotopic (exact) mass is 272 g/mol. The maximum absolute atomic E-state index is 5.77. The highest BCUT2D eigenvalue weighted by atomic mass is 16.6. The molecule has 4 N–H and O–H groups in total. The minimum atomic E-state index is 0.246. The molecular formula is C13H16N6O. The SMILES string of the molecule is CCn1c(-c2nonc2N)nc2c(CCN)cccc21. The van der Waals surface area contributed by atoms with Gasteiger partial charge in [-0.05, 0) is 41.8 Å². The van der Waals surface area contributed by atoms with Gasteiger partial charge in [0.25, 0.3) is 0 Å². The highest BCUT2D eigenvalue weighted by Gasteiger charge is 2.19. The molecule has 0 unspecified atom stereocenters. The average Bonchev–Trinajstić information content (AvgIpc) is 3.02. The summed E-state index contributed by atoms with van der Waals surface area (Å²) in [6, 6.07) is 6.07. The molecule has 3 rings (SSSR count). The van der Waals surface area contributed by atoms with Crippen molar-refractivity contribution in [2.75, 3.05) is 12.3 Å². The van der Waals surface area contributed by atoms with E-state index in [0.717, 1.165) is 29.6 Å². The Labute approximate surface area is 115 Å². The van der Waals surface area contributed by atoms with Crippen molar-refractivity contribution < 1.29 is 4.63 Å². The first-order chi connectivity index (χ1) is 9.76. The minimum Gasteiger partial charge on any atom is -0.379 e. The lowest BCUT2D eigenvalue weighted by Crippen LogP contribution is -2.03. The molecule has 0 aliphatic rings. The van der Waals surface area contributed by atoms with Crippen molar-refractivity contribution >= 4 is 16.9 Å². The van der Waals surface area contributed by atoms with Crippen molar-refractivity contribution in [1.82, 2.24) is 19.9 Å². The second-order valence-corrected chi connectivity index (χ2v) is 4.50. The predicted molar refractivity (Wildman–Crippen MR) is 75.9 cm³/mol. The Morgan fingerprint density at radius 3 is 2.80 bits per heavy atom. The summed E-state index contributed by atoms with van der Waals surface area (Å²) >= 11 is 0. The van der Waals surface area contributed by atoms with Crippen molar-refractivity contribution in [1.29, 1.82) is 0 Å². The molecule has 7 nitrogen and oxygen atoms in total. The van der Waals surface area contributed by atoms with Crippen LogP contribution in [0.15, 0.2) is 22.8 Å². The molecule has 0 saturated carbocycles. The van der Waals surface area contributed by atoms with E-state index < -0.39 is 0 Å². The number of nitrogen functional groups attached to an aromatic ring is 1. The molecule has 0 spiro atoms. The molecule has 0 aliphatic heterocycles. The number of aryl methyl sites for hydroxylation is 1. The molecule has 0 aliphatic carbocycles. The molecule has 104 valence electrons. The van der Waals surface area contributed by atoms with Crippen LogP contribution in [0.5, 0.6) is 0 Å². The Hall–Kier alpha value is -2.41. The van der Waals surface area contributed by atoms with Crippen molar-refractivity contribution in [2.45, 2.75) is 19.9 Å². The number of nitrogens with zero attached hydrogens (tertiary/aromatic N) is 4. The minimum absolute atomic E-state index is 0.246. The molecule has 2 heterocycles. The Kier molecular flexibility index (Phi) is 3.11. The highest BCUT2D eigenvalue weighted by Crippen LogP contribution is 2.28. The van der Waals surface area contributed by atoms with Gasteiger partial charge in [0, 0.05) is 6.54 Å². The van der Waals surface area contributed by atoms with Gasteiger partial charge in [0.05, 0.1) is 11.0 Å². The van der Waals surface area contributed by atoms with Gasteiger partial charge in [-0.15, -0.1) is 0 Å². The number of hydrogen-bond donors (Lipinski definition) is 2. The summed E-state index contributed by atoms with van der Waals surface area (Å²) in [5.41, 5.74) is 15.0. The van der Waals surface area contributed by atoms with Crippen LogP contribution in [0.2, 0.25) is 0 Å². The van der Waals surface area contributed by atoms with E-state index >= 15 is 0 Å². The van der Waals surface area contributed by atoms with Gasteiger partial charge in [-0.3, -0.25) is 0 Å². The van der Waals surface area contributed by atoms with Gasteiger partial charge < -0.3 is 16.0 Å². The van der Waals surface area contributed by atoms with E-state index in [4.69, 9.17) is 11.5 Å². The van der Waals surface area contributed by atoms with Gasteiger partial charge in [-0.25, -0.2) is 9.61 Å². The summed E-state index contributed by atoms with van der Waals surface area (Å²) in [5, 5.41) is 7.46. The number of hydrogen-bond acceptors (Lipinski definition) is 6. The van der Waals surface area contributed by atoms with Gasteiger partial charge in [-0.2, -0.15) is 0 Å². The molecule has 0 fully saturated rings. The van der Waals surface area contributed by atoms with Crippen molar-refractivity contribution in [2.24, 2.45) is 5.73 Å². The number of nitrogens with two attached hydrogens (primary N) is 2. The van der Waals surface area contributed by atoms with Crippen LogP contribution >= 0.6 is 0 Å². The summed E-state index contributed by atoms with van der Waals surface area (Å²) in [7, 11) is 0. The van der Waals surface area contributed by atoms with E-state index in [1.54, 1.807) is 0 Å². The largest absolute Gasteiger partial charge is 0.379 e. The smallest absolute Gasteiger partial charge is 0.199 e. The van der Waals surface area contributed by atoms with Gasteiger partial charge in [0.15, 0.2) is 17.3 Å². The van der Waals surface area contributed by atoms with E-state index in [-0.39, 0.29) is 5.82 Å². The zero-order valence-electron chi connectivity index (χ0n) is 11.2. The number of para-hydroxylation sites is 1. The van der Waals surface area contributed by atoms with Crippen LogP contribution in [-0.4, -0.2) is 26.4 Å². The third kappa shape index (κ3) is 1.83. The third-order valence-corrected chi connectivity index (χ3v) is 3.32. The number of anilines is 1. The summed E-state index contributed by atoms with van der Waals surface area (Å²) in [4.78, 5) is 4.67. The summed E-state index contributed by atoms with van der Waals surface area (Å²) in [6.45, 7) is 3.38. The molecule has 0 atom stereocenters. The van der Waals surface area contributed by atoms with Crippen LogP contribution in [0.3, 0.4) is 0 Å². The van der Waals surface area contributed by atoms with Crippen LogP contribution in [0.25, 0.3) is 22.6 Å². The van der Waals surface area contributed by atoms with Crippen molar-refractivity contribution in [3.63, 3.8) is 0 Å². The highest BCUT2D eigenvalue weighted by molar-refractivity contribution is 5.84. The molecule has 0 bridgehead atoms. The lowest BCUT2D eigenvalue weighted by molar-refractivity contribution is 0.310. The summed E-state index contributed by atoms with van der Waals surface area (Å²) in [5.74, 6) is 0.918. The number of imidazole rings is 1. The van der Waals surface area contributed by atoms with Crippen LogP contribution in [0.4, 0.5) is 5.82 Å². The summed E-state index contributed by atoms with van der Waals surface area (Å²) < 4.78 is 6.72. The van der Waals surface area contributed by atoms with Crippen molar-refractivity contribution in [3.8, 4) is 11.5 Å². The number of rotatable bonds is 4. The van der Waals surface area contributed by atoms with Gasteiger partial charge in [0.2, 0.25) is 0 Å². The fourth-order valence-electron chi connectivity index (χ4n) is 2.41. The van der Waals surface area contributed by atoms with E-state index in [9.17, 15) is 0 Å². The van der Waals surface area contributed by atoms with Gasteiger partial charge in [0.1, 0.15) is 0 Å². The Morgan fingerprint density at radius 2 is 2.15 bits per heavy atom. The second kappa shape index (κ2) is 4.93. The van der Waals surface area contributed by atoms with Gasteiger partial charge in [-0.1, -0.05) is 12.1 Å². The molecule has 2 aromatic heterocycles. The topological polar surface area (TPSA) is 109 Å². The fourth-order valence-corrected chi connectivity index (χ4v) is 2.41. The first-order valence-corrected chi connectivity index (χ1v) is 6.52. The van der Waals surface area contributed by atoms with E-state index in [0.29, 0.717) is 18.1 Å². The maximum atomic E-state index is 5.77. The summed E-state index contributed by atoms with van der Waals surface area (Å²) in [6.07, 6.45) is 0.782. The first kappa shape index (κ1) is 12.6. The van der Waals surface area contributed by atoms with Crippen LogP contribution in [0, 0.1) is 0 Å². The molecule has 0 amide bonds. The third-order valence-electron chi connectivity index (χ3n) is 3.32. The van der Waals surface area contributed by atoms with E-state index in [1.807, 2.05) is 29.7 Å². The first-order valence-electron chi connectivity index (χ1n) is 6.52.